The Balaban J connectivity index is 1.84. The van der Waals surface area contributed by atoms with Gasteiger partial charge in [-0.15, -0.1) is 11.3 Å². The number of hydrogen-bond acceptors (Lipinski definition) is 7. The SMILES string of the molecule is O=C([O-])c1cccnc1Sc1ncnc2sc3c(c12)CCC3. The molecule has 0 N–H and O–H groups in total. The van der Waals surface area contributed by atoms with Crippen molar-refractivity contribution in [1.29, 1.82) is 0 Å². The molecule has 110 valence electrons. The summed E-state index contributed by atoms with van der Waals surface area (Å²) in [6, 6.07) is 3.09. The lowest BCUT2D eigenvalue weighted by atomic mass is 10.2. The molecule has 4 rings (SSSR count). The van der Waals surface area contributed by atoms with Crippen LogP contribution in [0.4, 0.5) is 0 Å². The molecule has 3 aromatic heterocycles. The molecule has 3 aromatic rings. The molecule has 0 fully saturated rings. The highest BCUT2D eigenvalue weighted by atomic mass is 32.2. The third-order valence-corrected chi connectivity index (χ3v) is 5.87. The number of carboxylic acid groups (broad SMARTS) is 1. The maximum Gasteiger partial charge on any atom is 0.128 e. The minimum atomic E-state index is -1.23. The molecule has 0 atom stereocenters. The van der Waals surface area contributed by atoms with Crippen molar-refractivity contribution in [3.63, 3.8) is 0 Å². The van der Waals surface area contributed by atoms with E-state index in [0.29, 0.717) is 5.03 Å². The second kappa shape index (κ2) is 5.33. The Morgan fingerprint density at radius 3 is 3.00 bits per heavy atom. The summed E-state index contributed by atoms with van der Waals surface area (Å²) in [6.07, 6.45) is 6.38. The van der Waals surface area contributed by atoms with Gasteiger partial charge in [0.1, 0.15) is 21.2 Å². The minimum Gasteiger partial charge on any atom is -0.545 e. The highest BCUT2D eigenvalue weighted by Gasteiger charge is 2.22. The maximum absolute atomic E-state index is 11.2. The predicted octanol–water partition coefficient (Wildman–Crippen LogP) is 2.09. The molecule has 5 nitrogen and oxygen atoms in total. The van der Waals surface area contributed by atoms with Gasteiger partial charge in [0.15, 0.2) is 0 Å². The number of rotatable bonds is 3. The summed E-state index contributed by atoms with van der Waals surface area (Å²) in [5.74, 6) is -1.23. The lowest BCUT2D eigenvalue weighted by Gasteiger charge is -2.08. The van der Waals surface area contributed by atoms with Crippen molar-refractivity contribution in [1.82, 2.24) is 15.0 Å². The van der Waals surface area contributed by atoms with E-state index >= 15 is 0 Å². The average molecular weight is 328 g/mol. The molecule has 1 aliphatic rings. The lowest BCUT2D eigenvalue weighted by molar-refractivity contribution is -0.255. The molecule has 0 amide bonds. The number of aromatic nitrogens is 3. The van der Waals surface area contributed by atoms with Crippen LogP contribution in [0.3, 0.4) is 0 Å². The number of carbonyl (C=O) groups is 1. The molecular formula is C15H10N3O2S2-. The Morgan fingerprint density at radius 1 is 1.23 bits per heavy atom. The van der Waals surface area contributed by atoms with Crippen LogP contribution >= 0.6 is 23.1 Å². The number of fused-ring (bicyclic) bond motifs is 3. The van der Waals surface area contributed by atoms with Crippen LogP contribution in [-0.2, 0) is 12.8 Å². The molecule has 3 heterocycles. The summed E-state index contributed by atoms with van der Waals surface area (Å²) in [7, 11) is 0. The summed E-state index contributed by atoms with van der Waals surface area (Å²) in [4.78, 5) is 26.4. The van der Waals surface area contributed by atoms with E-state index in [1.165, 1.54) is 34.6 Å². The zero-order valence-electron chi connectivity index (χ0n) is 11.4. The Hall–Kier alpha value is -1.99. The summed E-state index contributed by atoms with van der Waals surface area (Å²) < 4.78 is 0. The quantitative estimate of drug-likeness (QED) is 0.685. The molecule has 0 radical (unpaired) electrons. The average Bonchev–Trinajstić information content (AvgIpc) is 3.08. The van der Waals surface area contributed by atoms with Gasteiger partial charge >= 0.3 is 0 Å². The van der Waals surface area contributed by atoms with E-state index in [1.807, 2.05) is 0 Å². The highest BCUT2D eigenvalue weighted by molar-refractivity contribution is 7.99. The van der Waals surface area contributed by atoms with E-state index in [1.54, 1.807) is 23.6 Å². The van der Waals surface area contributed by atoms with Crippen molar-refractivity contribution in [2.24, 2.45) is 0 Å². The fourth-order valence-corrected chi connectivity index (χ4v) is 4.97. The van der Waals surface area contributed by atoms with Gasteiger partial charge in [0.05, 0.1) is 5.97 Å². The van der Waals surface area contributed by atoms with Crippen LogP contribution < -0.4 is 5.11 Å². The van der Waals surface area contributed by atoms with E-state index in [2.05, 4.69) is 15.0 Å². The van der Waals surface area contributed by atoms with Crippen molar-refractivity contribution in [2.45, 2.75) is 29.3 Å². The van der Waals surface area contributed by atoms with Crippen LogP contribution in [0.5, 0.6) is 0 Å². The normalized spacial score (nSPS) is 13.5. The first-order valence-corrected chi connectivity index (χ1v) is 8.47. The van der Waals surface area contributed by atoms with Gasteiger partial charge in [-0.05, 0) is 48.7 Å². The number of carboxylic acids is 1. The molecule has 0 bridgehead atoms. The number of aryl methyl sites for hydroxylation is 2. The van der Waals surface area contributed by atoms with Gasteiger partial charge in [0.25, 0.3) is 0 Å². The summed E-state index contributed by atoms with van der Waals surface area (Å²) in [5, 5.41) is 13.4. The van der Waals surface area contributed by atoms with Gasteiger partial charge in [-0.25, -0.2) is 15.0 Å². The van der Waals surface area contributed by atoms with Gasteiger partial charge in [-0.3, -0.25) is 0 Å². The molecule has 0 saturated carbocycles. The fourth-order valence-electron chi connectivity index (χ4n) is 2.70. The summed E-state index contributed by atoms with van der Waals surface area (Å²) in [5.41, 5.74) is 1.40. The molecule has 22 heavy (non-hydrogen) atoms. The standard InChI is InChI=1S/C15H11N3O2S2/c19-15(20)9-4-2-6-16-12(9)22-14-11-8-3-1-5-10(8)21-13(11)17-7-18-14/h2,4,6-7H,1,3,5H2,(H,19,20)/p-1. The molecule has 0 aromatic carbocycles. The van der Waals surface area contributed by atoms with Crippen LogP contribution in [0.15, 0.2) is 34.7 Å². The molecular weight excluding hydrogens is 318 g/mol. The highest BCUT2D eigenvalue weighted by Crippen LogP contribution is 2.41. The fraction of sp³-hybridized carbons (Fsp3) is 0.200. The van der Waals surface area contributed by atoms with Gasteiger partial charge in [-0.2, -0.15) is 0 Å². The van der Waals surface area contributed by atoms with E-state index < -0.39 is 5.97 Å². The van der Waals surface area contributed by atoms with Gasteiger partial charge in [0.2, 0.25) is 0 Å². The number of thiophene rings is 1. The number of carbonyl (C=O) groups excluding carboxylic acids is 1. The van der Waals surface area contributed by atoms with Crippen LogP contribution in [-0.4, -0.2) is 20.9 Å². The van der Waals surface area contributed by atoms with E-state index in [9.17, 15) is 9.90 Å². The zero-order chi connectivity index (χ0) is 15.1. The lowest BCUT2D eigenvalue weighted by Crippen LogP contribution is -2.23. The summed E-state index contributed by atoms with van der Waals surface area (Å²) >= 11 is 2.97. The van der Waals surface area contributed by atoms with Crippen molar-refractivity contribution in [3.05, 3.63) is 40.7 Å². The monoisotopic (exact) mass is 328 g/mol. The van der Waals surface area contributed by atoms with Crippen LogP contribution in [0.2, 0.25) is 0 Å². The number of aromatic carboxylic acids is 1. The predicted molar refractivity (Wildman–Crippen MR) is 82.1 cm³/mol. The smallest absolute Gasteiger partial charge is 0.128 e. The van der Waals surface area contributed by atoms with E-state index in [-0.39, 0.29) is 5.56 Å². The van der Waals surface area contributed by atoms with Crippen LogP contribution in [0.1, 0.15) is 27.2 Å². The second-order valence-electron chi connectivity index (χ2n) is 4.96. The molecule has 0 aliphatic heterocycles. The first kappa shape index (κ1) is 13.7. The number of hydrogen-bond donors (Lipinski definition) is 0. The second-order valence-corrected chi connectivity index (χ2v) is 7.02. The molecule has 7 heteroatoms. The molecule has 0 unspecified atom stereocenters. The molecule has 1 aliphatic carbocycles. The van der Waals surface area contributed by atoms with Crippen molar-refractivity contribution in [3.8, 4) is 0 Å². The zero-order valence-corrected chi connectivity index (χ0v) is 13.0. The minimum absolute atomic E-state index is 0.0890. The Kier molecular flexibility index (Phi) is 3.31. The first-order chi connectivity index (χ1) is 10.7. The third-order valence-electron chi connectivity index (χ3n) is 3.65. The van der Waals surface area contributed by atoms with Crippen molar-refractivity contribution >= 4 is 39.3 Å². The summed E-state index contributed by atoms with van der Waals surface area (Å²) in [6.45, 7) is 0. The number of nitrogens with zero attached hydrogens (tertiary/aromatic N) is 3. The number of pyridine rings is 1. The van der Waals surface area contributed by atoms with Crippen molar-refractivity contribution in [2.75, 3.05) is 0 Å². The van der Waals surface area contributed by atoms with Gasteiger partial charge in [-0.1, -0.05) is 0 Å². The largest absolute Gasteiger partial charge is 0.545 e. The van der Waals surface area contributed by atoms with Crippen LogP contribution in [0, 0.1) is 0 Å². The van der Waals surface area contributed by atoms with Gasteiger partial charge < -0.3 is 9.90 Å². The van der Waals surface area contributed by atoms with E-state index in [0.717, 1.165) is 34.5 Å². The first-order valence-electron chi connectivity index (χ1n) is 6.83. The van der Waals surface area contributed by atoms with Crippen LogP contribution in [0.25, 0.3) is 10.2 Å². The maximum atomic E-state index is 11.2. The molecule has 0 saturated heterocycles. The Bertz CT molecular complexity index is 892. The van der Waals surface area contributed by atoms with E-state index in [4.69, 9.17) is 0 Å². The van der Waals surface area contributed by atoms with Gasteiger partial charge in [0, 0.05) is 22.0 Å². The Morgan fingerprint density at radius 2 is 2.14 bits per heavy atom. The topological polar surface area (TPSA) is 78.8 Å². The third kappa shape index (κ3) is 2.17. The van der Waals surface area contributed by atoms with Crippen molar-refractivity contribution < 1.29 is 9.90 Å². The Labute approximate surface area is 134 Å². The molecule has 0 spiro atoms.